The quantitative estimate of drug-likeness (QED) is 0.196. The van der Waals surface area contributed by atoms with Crippen LogP contribution in [-0.2, 0) is 9.53 Å². The van der Waals surface area contributed by atoms with E-state index in [4.69, 9.17) is 13.9 Å². The summed E-state index contributed by atoms with van der Waals surface area (Å²) in [7, 11) is 1.56. The van der Waals surface area contributed by atoms with Crippen LogP contribution in [0.1, 0.15) is 22.3 Å². The molecule has 0 bridgehead atoms. The van der Waals surface area contributed by atoms with E-state index in [9.17, 15) is 18.8 Å². The molecule has 3 aromatic rings. The lowest BCUT2D eigenvalue weighted by molar-refractivity contribution is -0.128. The first kappa shape index (κ1) is 21.9. The number of benzene rings is 2. The van der Waals surface area contributed by atoms with E-state index in [0.29, 0.717) is 30.5 Å². The van der Waals surface area contributed by atoms with Crippen LogP contribution >= 0.6 is 0 Å². The maximum absolute atomic E-state index is 12.9. The Morgan fingerprint density at radius 1 is 1.13 bits per heavy atom. The van der Waals surface area contributed by atoms with E-state index in [-0.39, 0.29) is 22.7 Å². The van der Waals surface area contributed by atoms with Crippen LogP contribution in [0.15, 0.2) is 63.8 Å². The van der Waals surface area contributed by atoms with Crippen LogP contribution in [0.2, 0.25) is 0 Å². The van der Waals surface area contributed by atoms with Crippen molar-refractivity contribution < 1.29 is 27.9 Å². The molecule has 1 N–H and O–H groups in total. The largest absolute Gasteiger partial charge is 0.423 e. The molecule has 0 atom stereocenters. The number of hydrogen-bond donors (Lipinski definition) is 1. The number of rotatable bonds is 8. The molecular weight excluding hydrogens is 405 g/mol. The molecule has 160 valence electrons. The highest BCUT2D eigenvalue weighted by Crippen LogP contribution is 2.21. The fourth-order valence-corrected chi connectivity index (χ4v) is 2.72. The first-order chi connectivity index (χ1) is 15.0. The maximum Gasteiger partial charge on any atom is 0.349 e. The number of ether oxygens (including phenoxy) is 2. The Bertz CT molecular complexity index is 1170. The predicted molar refractivity (Wildman–Crippen MR) is 112 cm³/mol. The van der Waals surface area contributed by atoms with Gasteiger partial charge in [0.25, 0.3) is 5.91 Å². The van der Waals surface area contributed by atoms with Gasteiger partial charge in [0, 0.05) is 37.8 Å². The summed E-state index contributed by atoms with van der Waals surface area (Å²) >= 11 is 0. The Hall–Kier alpha value is -3.78. The molecule has 0 aliphatic rings. The van der Waals surface area contributed by atoms with E-state index in [1.165, 1.54) is 54.6 Å². The first-order valence-electron chi connectivity index (χ1n) is 9.47. The third kappa shape index (κ3) is 6.10. The number of amides is 1. The van der Waals surface area contributed by atoms with E-state index in [0.717, 1.165) is 0 Å². The van der Waals surface area contributed by atoms with Crippen molar-refractivity contribution >= 4 is 28.9 Å². The van der Waals surface area contributed by atoms with E-state index >= 15 is 0 Å². The lowest BCUT2D eigenvalue weighted by Crippen LogP contribution is -2.29. The topological polar surface area (TPSA) is 94.8 Å². The average molecular weight is 425 g/mol. The second-order valence-electron chi connectivity index (χ2n) is 6.56. The van der Waals surface area contributed by atoms with Gasteiger partial charge in [-0.25, -0.2) is 14.0 Å². The zero-order valence-corrected chi connectivity index (χ0v) is 16.7. The van der Waals surface area contributed by atoms with Crippen molar-refractivity contribution in [2.45, 2.75) is 6.42 Å². The van der Waals surface area contributed by atoms with Gasteiger partial charge in [0.2, 0.25) is 0 Å². The summed E-state index contributed by atoms with van der Waals surface area (Å²) in [6, 6.07) is 11.5. The third-order valence-corrected chi connectivity index (χ3v) is 4.26. The molecular formula is C23H20FNO6. The van der Waals surface area contributed by atoms with Crippen LogP contribution in [0.3, 0.4) is 0 Å². The highest BCUT2D eigenvalue weighted by molar-refractivity contribution is 5.97. The summed E-state index contributed by atoms with van der Waals surface area (Å²) < 4.78 is 28.2. The van der Waals surface area contributed by atoms with Gasteiger partial charge in [0.1, 0.15) is 22.7 Å². The fraction of sp³-hybridized carbons (Fsp3) is 0.174. The van der Waals surface area contributed by atoms with Crippen molar-refractivity contribution in [2.24, 2.45) is 0 Å². The molecule has 0 saturated heterocycles. The first-order valence-corrected chi connectivity index (χ1v) is 9.47. The summed E-state index contributed by atoms with van der Waals surface area (Å²) in [5, 5.41) is 3.13. The molecule has 0 saturated carbocycles. The zero-order valence-electron chi connectivity index (χ0n) is 16.7. The van der Waals surface area contributed by atoms with Crippen molar-refractivity contribution in [3.05, 3.63) is 82.0 Å². The van der Waals surface area contributed by atoms with Crippen LogP contribution in [0.4, 0.5) is 4.39 Å². The molecule has 1 aromatic heterocycles. The SMILES string of the molecule is COCCCNC(=O)c1cc2ccc(OC(=O)C=Cc3ccc(F)cc3)cc2oc1=O. The van der Waals surface area contributed by atoms with Crippen LogP contribution < -0.4 is 15.7 Å². The molecule has 2 aromatic carbocycles. The summed E-state index contributed by atoms with van der Waals surface area (Å²) in [6.07, 6.45) is 3.30. The number of nitrogens with one attached hydrogen (secondary N) is 1. The Balaban J connectivity index is 1.69. The number of carbonyl (C=O) groups excluding carboxylic acids is 2. The second kappa shape index (κ2) is 10.3. The Labute approximate surface area is 177 Å². The van der Waals surface area contributed by atoms with Crippen molar-refractivity contribution in [3.8, 4) is 5.75 Å². The summed E-state index contributed by atoms with van der Waals surface area (Å²) in [5.74, 6) is -1.39. The molecule has 3 rings (SSSR count). The molecule has 1 amide bonds. The van der Waals surface area contributed by atoms with Gasteiger partial charge in [-0.05, 0) is 48.4 Å². The van der Waals surface area contributed by atoms with Gasteiger partial charge in [-0.2, -0.15) is 0 Å². The molecule has 0 spiro atoms. The predicted octanol–water partition coefficient (Wildman–Crippen LogP) is 3.32. The van der Waals surface area contributed by atoms with Crippen molar-refractivity contribution in [1.82, 2.24) is 5.32 Å². The minimum atomic E-state index is -0.795. The molecule has 8 heteroatoms. The molecule has 31 heavy (non-hydrogen) atoms. The number of carbonyl (C=O) groups is 2. The third-order valence-electron chi connectivity index (χ3n) is 4.26. The monoisotopic (exact) mass is 425 g/mol. The van der Waals surface area contributed by atoms with E-state index in [1.54, 1.807) is 13.2 Å². The number of halogens is 1. The van der Waals surface area contributed by atoms with Crippen LogP contribution in [0, 0.1) is 5.82 Å². The zero-order chi connectivity index (χ0) is 22.2. The average Bonchev–Trinajstić information content (AvgIpc) is 2.75. The number of methoxy groups -OCH3 is 1. The van der Waals surface area contributed by atoms with Gasteiger partial charge in [-0.3, -0.25) is 4.79 Å². The van der Waals surface area contributed by atoms with Gasteiger partial charge >= 0.3 is 11.6 Å². The summed E-state index contributed by atoms with van der Waals surface area (Å²) in [5.41, 5.74) is -0.0991. The summed E-state index contributed by atoms with van der Waals surface area (Å²) in [6.45, 7) is 0.859. The molecule has 7 nitrogen and oxygen atoms in total. The molecule has 0 unspecified atom stereocenters. The van der Waals surface area contributed by atoms with E-state index < -0.39 is 17.5 Å². The van der Waals surface area contributed by atoms with Crippen LogP contribution in [-0.4, -0.2) is 32.1 Å². The minimum absolute atomic E-state index is 0.114. The lowest BCUT2D eigenvalue weighted by Gasteiger charge is -2.06. The second-order valence-corrected chi connectivity index (χ2v) is 6.56. The van der Waals surface area contributed by atoms with Crippen molar-refractivity contribution in [2.75, 3.05) is 20.3 Å². The lowest BCUT2D eigenvalue weighted by atomic mass is 10.1. The Morgan fingerprint density at radius 2 is 1.90 bits per heavy atom. The normalized spacial score (nSPS) is 11.0. The van der Waals surface area contributed by atoms with E-state index in [2.05, 4.69) is 5.32 Å². The molecule has 0 fully saturated rings. The minimum Gasteiger partial charge on any atom is -0.423 e. The van der Waals surface area contributed by atoms with Crippen LogP contribution in [0.5, 0.6) is 5.75 Å². The molecule has 0 aliphatic heterocycles. The van der Waals surface area contributed by atoms with Crippen molar-refractivity contribution in [1.29, 1.82) is 0 Å². The maximum atomic E-state index is 12.9. The van der Waals surface area contributed by atoms with Gasteiger partial charge in [-0.1, -0.05) is 12.1 Å². The van der Waals surface area contributed by atoms with Crippen LogP contribution in [0.25, 0.3) is 17.0 Å². The molecule has 0 aliphatic carbocycles. The smallest absolute Gasteiger partial charge is 0.349 e. The van der Waals surface area contributed by atoms with Crippen molar-refractivity contribution in [3.63, 3.8) is 0 Å². The van der Waals surface area contributed by atoms with Gasteiger partial charge < -0.3 is 19.2 Å². The van der Waals surface area contributed by atoms with Gasteiger partial charge in [0.05, 0.1) is 0 Å². The highest BCUT2D eigenvalue weighted by atomic mass is 19.1. The summed E-state index contributed by atoms with van der Waals surface area (Å²) in [4.78, 5) is 36.4. The standard InChI is InChI=1S/C23H20FNO6/c1-29-12-2-11-25-22(27)19-13-16-6-9-18(14-20(16)31-23(19)28)30-21(26)10-5-15-3-7-17(24)8-4-15/h3-10,13-14H,2,11-12H2,1H3,(H,25,27). The molecule has 0 radical (unpaired) electrons. The number of fused-ring (bicyclic) bond motifs is 1. The van der Waals surface area contributed by atoms with Gasteiger partial charge in [0.15, 0.2) is 0 Å². The number of esters is 1. The Kier molecular flexibility index (Phi) is 7.29. The number of hydrogen-bond acceptors (Lipinski definition) is 6. The van der Waals surface area contributed by atoms with E-state index in [1.807, 2.05) is 0 Å². The van der Waals surface area contributed by atoms with Gasteiger partial charge in [-0.15, -0.1) is 0 Å². The Morgan fingerprint density at radius 3 is 2.65 bits per heavy atom. The molecule has 1 heterocycles. The highest BCUT2D eigenvalue weighted by Gasteiger charge is 2.14. The fourth-order valence-electron chi connectivity index (χ4n) is 2.72.